The summed E-state index contributed by atoms with van der Waals surface area (Å²) in [5.74, 6) is 0.284. The second-order valence-electron chi connectivity index (χ2n) is 5.88. The molecule has 2 aromatic heterocycles. The van der Waals surface area contributed by atoms with E-state index in [0.29, 0.717) is 13.1 Å². The number of nitrogens with zero attached hydrogens (tertiary/aromatic N) is 4. The van der Waals surface area contributed by atoms with Crippen molar-refractivity contribution in [1.29, 1.82) is 0 Å². The Morgan fingerprint density at radius 2 is 1.96 bits per heavy atom. The molecule has 3 heterocycles. The molecule has 8 heteroatoms. The van der Waals surface area contributed by atoms with Gasteiger partial charge in [0.05, 0.1) is 11.4 Å². The third-order valence-corrected chi connectivity index (χ3v) is 6.15. The van der Waals surface area contributed by atoms with Gasteiger partial charge in [-0.1, -0.05) is 6.07 Å². The van der Waals surface area contributed by atoms with Crippen LogP contribution in [0.2, 0.25) is 0 Å². The van der Waals surface area contributed by atoms with Crippen molar-refractivity contribution in [2.45, 2.75) is 18.8 Å². The van der Waals surface area contributed by atoms with E-state index in [1.165, 1.54) is 4.31 Å². The number of rotatable bonds is 4. The van der Waals surface area contributed by atoms with Gasteiger partial charge in [-0.05, 0) is 31.0 Å². The molecule has 2 aromatic rings. The van der Waals surface area contributed by atoms with Gasteiger partial charge in [0.2, 0.25) is 0 Å². The SMILES string of the molecule is CN(C)S(=O)(=O)N1CCC(c2cccc(-c3ccn[nH]3)n2)CC1. The Bertz CT molecular complexity index is 750. The third-order valence-electron chi connectivity index (χ3n) is 4.21. The second-order valence-corrected chi connectivity index (χ2v) is 8.02. The summed E-state index contributed by atoms with van der Waals surface area (Å²) in [5, 5.41) is 6.87. The van der Waals surface area contributed by atoms with Gasteiger partial charge in [-0.15, -0.1) is 0 Å². The molecule has 0 unspecified atom stereocenters. The Morgan fingerprint density at radius 3 is 2.57 bits per heavy atom. The fourth-order valence-electron chi connectivity index (χ4n) is 2.84. The number of hydrogen-bond donors (Lipinski definition) is 1. The number of aromatic amines is 1. The quantitative estimate of drug-likeness (QED) is 0.917. The van der Waals surface area contributed by atoms with Crippen molar-refractivity contribution in [2.75, 3.05) is 27.2 Å². The standard InChI is InChI=1S/C15H21N5O2S/c1-19(2)23(21,22)20-10-7-12(8-11-20)13-4-3-5-14(17-13)15-6-9-16-18-15/h3-6,9,12H,7-8,10-11H2,1-2H3,(H,16,18). The zero-order valence-corrected chi connectivity index (χ0v) is 14.1. The van der Waals surface area contributed by atoms with Gasteiger partial charge in [-0.25, -0.2) is 0 Å². The highest BCUT2D eigenvalue weighted by Gasteiger charge is 2.30. The molecule has 0 amide bonds. The van der Waals surface area contributed by atoms with Crippen molar-refractivity contribution in [2.24, 2.45) is 0 Å². The predicted octanol–water partition coefficient (Wildman–Crippen LogP) is 1.46. The first-order chi connectivity index (χ1) is 11.0. The van der Waals surface area contributed by atoms with Crippen LogP contribution in [0.5, 0.6) is 0 Å². The number of piperidine rings is 1. The predicted molar refractivity (Wildman–Crippen MR) is 88.0 cm³/mol. The normalized spacial score (nSPS) is 17.7. The molecule has 1 saturated heterocycles. The number of nitrogens with one attached hydrogen (secondary N) is 1. The molecule has 1 N–H and O–H groups in total. The molecule has 0 spiro atoms. The van der Waals surface area contributed by atoms with Crippen LogP contribution in [0.1, 0.15) is 24.5 Å². The summed E-state index contributed by atoms with van der Waals surface area (Å²) in [5.41, 5.74) is 2.77. The van der Waals surface area contributed by atoms with Crippen molar-refractivity contribution in [3.05, 3.63) is 36.2 Å². The van der Waals surface area contributed by atoms with Crippen molar-refractivity contribution < 1.29 is 8.42 Å². The van der Waals surface area contributed by atoms with Gasteiger partial charge >= 0.3 is 0 Å². The monoisotopic (exact) mass is 335 g/mol. The van der Waals surface area contributed by atoms with Crippen LogP contribution in [-0.4, -0.2) is 59.4 Å². The molecule has 0 aromatic carbocycles. The molecule has 7 nitrogen and oxygen atoms in total. The zero-order valence-electron chi connectivity index (χ0n) is 13.3. The first-order valence-electron chi connectivity index (χ1n) is 7.63. The van der Waals surface area contributed by atoms with E-state index in [0.717, 1.165) is 29.9 Å². The summed E-state index contributed by atoms with van der Waals surface area (Å²) in [4.78, 5) is 4.71. The molecule has 3 rings (SSSR count). The van der Waals surface area contributed by atoms with Crippen LogP contribution in [0.3, 0.4) is 0 Å². The molecule has 0 saturated carbocycles. The first-order valence-corrected chi connectivity index (χ1v) is 9.02. The van der Waals surface area contributed by atoms with Crippen LogP contribution in [-0.2, 0) is 10.2 Å². The minimum Gasteiger partial charge on any atom is -0.276 e. The fraction of sp³-hybridized carbons (Fsp3) is 0.467. The lowest BCUT2D eigenvalue weighted by Crippen LogP contribution is -2.44. The molecule has 0 radical (unpaired) electrons. The maximum atomic E-state index is 12.2. The minimum atomic E-state index is -3.32. The van der Waals surface area contributed by atoms with Gasteiger partial charge in [-0.3, -0.25) is 10.1 Å². The van der Waals surface area contributed by atoms with Gasteiger partial charge in [0.1, 0.15) is 0 Å². The number of pyridine rings is 1. The third kappa shape index (κ3) is 3.29. The highest BCUT2D eigenvalue weighted by molar-refractivity contribution is 7.86. The van der Waals surface area contributed by atoms with Crippen LogP contribution in [0, 0.1) is 0 Å². The smallest absolute Gasteiger partial charge is 0.276 e. The van der Waals surface area contributed by atoms with E-state index in [1.807, 2.05) is 24.3 Å². The van der Waals surface area contributed by atoms with Gasteiger partial charge in [-0.2, -0.15) is 22.1 Å². The van der Waals surface area contributed by atoms with Gasteiger partial charge < -0.3 is 0 Å². The Labute approximate surface area is 136 Å². The van der Waals surface area contributed by atoms with Crippen molar-refractivity contribution in [3.8, 4) is 11.4 Å². The average molecular weight is 335 g/mol. The summed E-state index contributed by atoms with van der Waals surface area (Å²) in [6, 6.07) is 7.84. The van der Waals surface area contributed by atoms with Crippen LogP contribution < -0.4 is 0 Å². The molecule has 1 aliphatic rings. The first kappa shape index (κ1) is 16.1. The number of hydrogen-bond acceptors (Lipinski definition) is 4. The Kier molecular flexibility index (Phi) is 4.47. The molecule has 0 aliphatic carbocycles. The van der Waals surface area contributed by atoms with Crippen LogP contribution in [0.4, 0.5) is 0 Å². The molecule has 0 atom stereocenters. The van der Waals surface area contributed by atoms with Crippen molar-refractivity contribution in [3.63, 3.8) is 0 Å². The Hall–Kier alpha value is -1.77. The summed E-state index contributed by atoms with van der Waals surface area (Å²) in [6.45, 7) is 1.06. The van der Waals surface area contributed by atoms with E-state index in [1.54, 1.807) is 24.6 Å². The highest BCUT2D eigenvalue weighted by atomic mass is 32.2. The summed E-state index contributed by atoms with van der Waals surface area (Å²) in [6.07, 6.45) is 3.27. The molecular formula is C15H21N5O2S. The molecule has 124 valence electrons. The lowest BCUT2D eigenvalue weighted by atomic mass is 9.94. The molecule has 0 bridgehead atoms. The lowest BCUT2D eigenvalue weighted by Gasteiger charge is -2.32. The van der Waals surface area contributed by atoms with Crippen LogP contribution >= 0.6 is 0 Å². The van der Waals surface area contributed by atoms with E-state index in [-0.39, 0.29) is 5.92 Å². The van der Waals surface area contributed by atoms with Crippen molar-refractivity contribution >= 4 is 10.2 Å². The zero-order chi connectivity index (χ0) is 16.4. The number of H-pyrrole nitrogens is 1. The lowest BCUT2D eigenvalue weighted by molar-refractivity contribution is 0.300. The molecule has 1 aliphatic heterocycles. The molecule has 23 heavy (non-hydrogen) atoms. The van der Waals surface area contributed by atoms with E-state index < -0.39 is 10.2 Å². The fourth-order valence-corrected chi connectivity index (χ4v) is 3.97. The summed E-state index contributed by atoms with van der Waals surface area (Å²) in [7, 11) is -0.184. The second kappa shape index (κ2) is 6.38. The van der Waals surface area contributed by atoms with Crippen molar-refractivity contribution in [1.82, 2.24) is 23.8 Å². The summed E-state index contributed by atoms with van der Waals surface area (Å²) >= 11 is 0. The Morgan fingerprint density at radius 1 is 1.22 bits per heavy atom. The largest absolute Gasteiger partial charge is 0.281 e. The molecular weight excluding hydrogens is 314 g/mol. The van der Waals surface area contributed by atoms with E-state index in [4.69, 9.17) is 4.98 Å². The van der Waals surface area contributed by atoms with E-state index >= 15 is 0 Å². The maximum Gasteiger partial charge on any atom is 0.281 e. The summed E-state index contributed by atoms with van der Waals surface area (Å²) < 4.78 is 27.1. The minimum absolute atomic E-state index is 0.284. The van der Waals surface area contributed by atoms with E-state index in [9.17, 15) is 8.42 Å². The van der Waals surface area contributed by atoms with Gasteiger partial charge in [0, 0.05) is 45.0 Å². The highest BCUT2D eigenvalue weighted by Crippen LogP contribution is 2.29. The van der Waals surface area contributed by atoms with E-state index in [2.05, 4.69) is 10.2 Å². The molecule has 1 fully saturated rings. The average Bonchev–Trinajstić information content (AvgIpc) is 3.09. The topological polar surface area (TPSA) is 82.2 Å². The van der Waals surface area contributed by atoms with Crippen LogP contribution in [0.25, 0.3) is 11.4 Å². The van der Waals surface area contributed by atoms with Gasteiger partial charge in [0.25, 0.3) is 10.2 Å². The van der Waals surface area contributed by atoms with Crippen LogP contribution in [0.15, 0.2) is 30.5 Å². The number of aromatic nitrogens is 3. The van der Waals surface area contributed by atoms with Gasteiger partial charge in [0.15, 0.2) is 0 Å². The Balaban J connectivity index is 1.72. The maximum absolute atomic E-state index is 12.2.